The Labute approximate surface area is 51.7 Å². The fraction of sp³-hybridized carbons (Fsp3) is 1.00. The highest BCUT2D eigenvalue weighted by molar-refractivity contribution is 4.43. The Morgan fingerprint density at radius 2 is 2.00 bits per heavy atom. The van der Waals surface area contributed by atoms with E-state index < -0.39 is 0 Å². The van der Waals surface area contributed by atoms with E-state index in [2.05, 4.69) is 24.5 Å². The zero-order valence-corrected chi connectivity index (χ0v) is 5.98. The maximum absolute atomic E-state index is 3.80. The van der Waals surface area contributed by atoms with Gasteiger partial charge < -0.3 is 5.73 Å². The van der Waals surface area contributed by atoms with Crippen LogP contribution in [0.1, 0.15) is 20.3 Å². The van der Waals surface area contributed by atoms with Gasteiger partial charge in [-0.25, -0.2) is 0 Å². The Bertz CT molecular complexity index is 41.8. The standard InChI is InChI=1S/C6H16N2/c1-3-5-8(4-2)6-7/h3-7H2,1-2H3/p+1. The lowest BCUT2D eigenvalue weighted by Crippen LogP contribution is -2.58. The van der Waals surface area contributed by atoms with E-state index in [4.69, 9.17) is 0 Å². The smallest absolute Gasteiger partial charge is 0.130 e. The minimum atomic E-state index is 0.949. The van der Waals surface area contributed by atoms with Crippen molar-refractivity contribution >= 4 is 0 Å². The highest BCUT2D eigenvalue weighted by atomic mass is 15.2. The van der Waals surface area contributed by atoms with E-state index in [0.29, 0.717) is 0 Å². The molecule has 0 radical (unpaired) electrons. The van der Waals surface area contributed by atoms with E-state index in [1.807, 2.05) is 0 Å². The molecule has 0 aromatic heterocycles. The van der Waals surface area contributed by atoms with Crippen LogP contribution in [0.2, 0.25) is 0 Å². The largest absolute Gasteiger partial charge is 0.345 e. The molecule has 2 heteroatoms. The molecule has 0 atom stereocenters. The summed E-state index contributed by atoms with van der Waals surface area (Å²) in [7, 11) is 0. The molecule has 0 unspecified atom stereocenters. The van der Waals surface area contributed by atoms with Crippen molar-refractivity contribution in [2.75, 3.05) is 19.8 Å². The lowest BCUT2D eigenvalue weighted by Gasteiger charge is -2.12. The average Bonchev–Trinajstić information content (AvgIpc) is 1.83. The molecule has 0 saturated carbocycles. The molecule has 0 saturated heterocycles. The van der Waals surface area contributed by atoms with Crippen molar-refractivity contribution in [1.82, 2.24) is 4.90 Å². The van der Waals surface area contributed by atoms with Crippen molar-refractivity contribution in [2.45, 2.75) is 20.3 Å². The van der Waals surface area contributed by atoms with Gasteiger partial charge in [-0.05, 0) is 6.42 Å². The molecule has 50 valence electrons. The lowest BCUT2D eigenvalue weighted by atomic mass is 10.4. The Hall–Kier alpha value is -0.0800. The fourth-order valence-electron chi connectivity index (χ4n) is 0.744. The van der Waals surface area contributed by atoms with Gasteiger partial charge in [0, 0.05) is 13.1 Å². The number of nitrogens with zero attached hydrogens (tertiary/aromatic N) is 1. The third-order valence-electron chi connectivity index (χ3n) is 1.30. The number of hydrogen-bond donors (Lipinski definition) is 1. The van der Waals surface area contributed by atoms with Gasteiger partial charge in [0.05, 0.1) is 0 Å². The number of quaternary nitrogens is 1. The average molecular weight is 117 g/mol. The third-order valence-corrected chi connectivity index (χ3v) is 1.30. The molecule has 0 spiro atoms. The van der Waals surface area contributed by atoms with Gasteiger partial charge in [0.1, 0.15) is 6.67 Å². The van der Waals surface area contributed by atoms with E-state index in [9.17, 15) is 0 Å². The molecule has 3 N–H and O–H groups in total. The van der Waals surface area contributed by atoms with Gasteiger partial charge in [-0.15, -0.1) is 0 Å². The van der Waals surface area contributed by atoms with Crippen LogP contribution in [0.4, 0.5) is 0 Å². The molecule has 0 aliphatic carbocycles. The van der Waals surface area contributed by atoms with Crippen LogP contribution < -0.4 is 5.73 Å². The summed E-state index contributed by atoms with van der Waals surface area (Å²) in [6, 6.07) is 0. The summed E-state index contributed by atoms with van der Waals surface area (Å²) in [6.45, 7) is 7.64. The predicted molar refractivity (Wildman–Crippen MR) is 35.3 cm³/mol. The maximum Gasteiger partial charge on any atom is 0.130 e. The molecule has 0 heterocycles. The summed E-state index contributed by atoms with van der Waals surface area (Å²) in [5.74, 6) is 0. The van der Waals surface area contributed by atoms with Gasteiger partial charge in [-0.3, -0.25) is 4.90 Å². The second-order valence-electron chi connectivity index (χ2n) is 1.93. The van der Waals surface area contributed by atoms with Crippen LogP contribution in [-0.4, -0.2) is 24.7 Å². The SMILES string of the molecule is CCCN(CC)C[NH3+]. The van der Waals surface area contributed by atoms with Gasteiger partial charge in [0.25, 0.3) is 0 Å². The first-order valence-corrected chi connectivity index (χ1v) is 3.36. The molecular weight excluding hydrogens is 100 g/mol. The van der Waals surface area contributed by atoms with Gasteiger partial charge >= 0.3 is 0 Å². The van der Waals surface area contributed by atoms with Gasteiger partial charge in [-0.1, -0.05) is 13.8 Å². The molecule has 0 aliphatic heterocycles. The molecule has 8 heavy (non-hydrogen) atoms. The topological polar surface area (TPSA) is 30.9 Å². The zero-order chi connectivity index (χ0) is 6.41. The van der Waals surface area contributed by atoms with Crippen LogP contribution in [0.15, 0.2) is 0 Å². The van der Waals surface area contributed by atoms with Crippen LogP contribution >= 0.6 is 0 Å². The van der Waals surface area contributed by atoms with E-state index in [1.165, 1.54) is 13.0 Å². The molecule has 0 aromatic carbocycles. The van der Waals surface area contributed by atoms with E-state index in [1.54, 1.807) is 0 Å². The first-order chi connectivity index (χ1) is 3.85. The van der Waals surface area contributed by atoms with Crippen molar-refractivity contribution < 1.29 is 5.73 Å². The van der Waals surface area contributed by atoms with E-state index in [-0.39, 0.29) is 0 Å². The quantitative estimate of drug-likeness (QED) is 0.513. The molecule has 0 bridgehead atoms. The highest BCUT2D eigenvalue weighted by Gasteiger charge is 1.95. The van der Waals surface area contributed by atoms with E-state index in [0.717, 1.165) is 13.2 Å². The first kappa shape index (κ1) is 7.92. The summed E-state index contributed by atoms with van der Waals surface area (Å²) in [5, 5.41) is 0. The van der Waals surface area contributed by atoms with Crippen LogP contribution in [-0.2, 0) is 0 Å². The van der Waals surface area contributed by atoms with E-state index >= 15 is 0 Å². The van der Waals surface area contributed by atoms with Gasteiger partial charge in [0.15, 0.2) is 0 Å². The Morgan fingerprint density at radius 3 is 2.12 bits per heavy atom. The van der Waals surface area contributed by atoms with Crippen molar-refractivity contribution in [3.63, 3.8) is 0 Å². The second kappa shape index (κ2) is 5.06. The summed E-state index contributed by atoms with van der Waals surface area (Å²) >= 11 is 0. The van der Waals surface area contributed by atoms with Crippen LogP contribution in [0.3, 0.4) is 0 Å². The molecule has 0 rings (SSSR count). The predicted octanol–water partition coefficient (Wildman–Crippen LogP) is -0.0823. The molecule has 0 fully saturated rings. The Balaban J connectivity index is 3.07. The highest BCUT2D eigenvalue weighted by Crippen LogP contribution is 1.84. The Kier molecular flexibility index (Phi) is 5.01. The summed E-state index contributed by atoms with van der Waals surface area (Å²) in [4.78, 5) is 2.32. The minimum absolute atomic E-state index is 0.949. The fourth-order valence-corrected chi connectivity index (χ4v) is 0.744. The van der Waals surface area contributed by atoms with Crippen molar-refractivity contribution in [3.05, 3.63) is 0 Å². The first-order valence-electron chi connectivity index (χ1n) is 3.36. The summed E-state index contributed by atoms with van der Waals surface area (Å²) in [6.07, 6.45) is 1.24. The summed E-state index contributed by atoms with van der Waals surface area (Å²) in [5.41, 5.74) is 3.80. The van der Waals surface area contributed by atoms with Crippen LogP contribution in [0.25, 0.3) is 0 Å². The monoisotopic (exact) mass is 117 g/mol. The minimum Gasteiger partial charge on any atom is -0.345 e. The normalized spacial score (nSPS) is 10.5. The lowest BCUT2D eigenvalue weighted by molar-refractivity contribution is -0.400. The molecule has 0 amide bonds. The number of rotatable bonds is 4. The molecule has 0 aromatic rings. The van der Waals surface area contributed by atoms with Crippen LogP contribution in [0, 0.1) is 0 Å². The van der Waals surface area contributed by atoms with Crippen molar-refractivity contribution in [1.29, 1.82) is 0 Å². The second-order valence-corrected chi connectivity index (χ2v) is 1.93. The molecule has 2 nitrogen and oxygen atoms in total. The molecule has 0 aliphatic rings. The van der Waals surface area contributed by atoms with Crippen LogP contribution in [0.5, 0.6) is 0 Å². The van der Waals surface area contributed by atoms with Crippen molar-refractivity contribution in [3.8, 4) is 0 Å². The zero-order valence-electron chi connectivity index (χ0n) is 5.98. The van der Waals surface area contributed by atoms with Gasteiger partial charge in [-0.2, -0.15) is 0 Å². The van der Waals surface area contributed by atoms with Gasteiger partial charge in [0.2, 0.25) is 0 Å². The number of hydrogen-bond acceptors (Lipinski definition) is 1. The summed E-state index contributed by atoms with van der Waals surface area (Å²) < 4.78 is 0. The third kappa shape index (κ3) is 2.99. The maximum atomic E-state index is 3.80. The molecular formula is C6H17N2+. The van der Waals surface area contributed by atoms with Crippen molar-refractivity contribution in [2.24, 2.45) is 0 Å². The Morgan fingerprint density at radius 1 is 1.38 bits per heavy atom.